The van der Waals surface area contributed by atoms with Crippen molar-refractivity contribution in [2.45, 2.75) is 19.4 Å². The highest BCUT2D eigenvalue weighted by Gasteiger charge is 2.27. The van der Waals surface area contributed by atoms with Crippen LogP contribution >= 0.6 is 15.9 Å². The third-order valence-corrected chi connectivity index (χ3v) is 6.85. The molecular weight excluding hydrogens is 492 g/mol. The summed E-state index contributed by atoms with van der Waals surface area (Å²) in [5.41, 5.74) is 3.85. The van der Waals surface area contributed by atoms with Gasteiger partial charge in [-0.2, -0.15) is 0 Å². The van der Waals surface area contributed by atoms with Crippen LogP contribution in [0.5, 0.6) is 5.75 Å². The molecule has 2 heterocycles. The second kappa shape index (κ2) is 9.99. The molecule has 0 radical (unpaired) electrons. The number of hydrogen-bond acceptors (Lipinski definition) is 4. The molecule has 1 amide bonds. The van der Waals surface area contributed by atoms with Gasteiger partial charge >= 0.3 is 0 Å². The first-order valence-corrected chi connectivity index (χ1v) is 12.3. The Morgan fingerprint density at radius 3 is 2.68 bits per heavy atom. The van der Waals surface area contributed by atoms with Crippen LogP contribution in [0.1, 0.15) is 18.7 Å². The van der Waals surface area contributed by atoms with Crippen LogP contribution in [0.2, 0.25) is 0 Å². The van der Waals surface area contributed by atoms with Gasteiger partial charge in [0.25, 0.3) is 0 Å². The van der Waals surface area contributed by atoms with E-state index < -0.39 is 0 Å². The number of carbonyl (C=O) groups is 1. The molecule has 0 unspecified atom stereocenters. The normalized spacial score (nSPS) is 16.5. The van der Waals surface area contributed by atoms with Gasteiger partial charge in [-0.15, -0.1) is 0 Å². The highest BCUT2D eigenvalue weighted by Crippen LogP contribution is 2.28. The lowest BCUT2D eigenvalue weighted by atomic mass is 9.97. The maximum atomic E-state index is 13.1. The molecule has 6 nitrogen and oxygen atoms in total. The molecule has 34 heavy (non-hydrogen) atoms. The summed E-state index contributed by atoms with van der Waals surface area (Å²) >= 11 is 3.53. The number of piperidine rings is 1. The van der Waals surface area contributed by atoms with Crippen LogP contribution in [-0.4, -0.2) is 40.6 Å². The SMILES string of the molecule is COc1ccccc1NC(=O)[C@@H]1CCCN(Cc2nc3ccccc3n2-c2ccc(Br)cc2)C1. The maximum Gasteiger partial charge on any atom is 0.228 e. The molecular formula is C27H27BrN4O2. The number of likely N-dealkylation sites (tertiary alicyclic amines) is 1. The van der Waals surface area contributed by atoms with Gasteiger partial charge in [0.05, 0.1) is 36.3 Å². The van der Waals surface area contributed by atoms with E-state index in [-0.39, 0.29) is 11.8 Å². The number of aromatic nitrogens is 2. The number of amides is 1. The molecule has 1 aromatic heterocycles. The number of ether oxygens (including phenoxy) is 1. The van der Waals surface area contributed by atoms with Gasteiger partial charge in [-0.3, -0.25) is 14.3 Å². The standard InChI is InChI=1S/C27H27BrN4O2/c1-34-25-11-5-3-9-23(25)30-27(33)19-7-6-16-31(17-19)18-26-29-22-8-2-4-10-24(22)32(26)21-14-12-20(28)13-15-21/h2-5,8-15,19H,6-7,16-18H2,1H3,(H,30,33)/t19-/m1/s1. The number of carbonyl (C=O) groups excluding carboxylic acids is 1. The first-order chi connectivity index (χ1) is 16.6. The molecule has 7 heteroatoms. The molecule has 0 bridgehead atoms. The molecule has 0 aliphatic carbocycles. The number of hydrogen-bond donors (Lipinski definition) is 1. The summed E-state index contributed by atoms with van der Waals surface area (Å²) in [6, 6.07) is 24.0. The van der Waals surface area contributed by atoms with Crippen molar-refractivity contribution in [1.82, 2.24) is 14.5 Å². The molecule has 1 atom stereocenters. The molecule has 5 rings (SSSR count). The van der Waals surface area contributed by atoms with Crippen molar-refractivity contribution in [1.29, 1.82) is 0 Å². The van der Waals surface area contributed by atoms with Gasteiger partial charge in [0, 0.05) is 16.7 Å². The number of anilines is 1. The quantitative estimate of drug-likeness (QED) is 0.358. The number of imidazole rings is 1. The van der Waals surface area contributed by atoms with Crippen LogP contribution in [0.4, 0.5) is 5.69 Å². The third-order valence-electron chi connectivity index (χ3n) is 6.32. The Morgan fingerprint density at radius 1 is 1.09 bits per heavy atom. The van der Waals surface area contributed by atoms with Crippen molar-refractivity contribution in [3.05, 3.63) is 83.1 Å². The summed E-state index contributed by atoms with van der Waals surface area (Å²) in [6.07, 6.45) is 1.85. The zero-order chi connectivity index (χ0) is 23.5. The van der Waals surface area contributed by atoms with E-state index in [2.05, 4.69) is 48.9 Å². The molecule has 174 valence electrons. The molecule has 3 aromatic carbocycles. The van der Waals surface area contributed by atoms with Gasteiger partial charge in [-0.05, 0) is 67.9 Å². The Morgan fingerprint density at radius 2 is 1.85 bits per heavy atom. The second-order valence-corrected chi connectivity index (χ2v) is 9.51. The van der Waals surface area contributed by atoms with Crippen LogP contribution in [0.25, 0.3) is 16.7 Å². The summed E-state index contributed by atoms with van der Waals surface area (Å²) in [5.74, 6) is 1.61. The number of fused-ring (bicyclic) bond motifs is 1. The molecule has 1 aliphatic rings. The van der Waals surface area contributed by atoms with Crippen molar-refractivity contribution in [3.8, 4) is 11.4 Å². The van der Waals surface area contributed by atoms with E-state index in [1.54, 1.807) is 7.11 Å². The Kier molecular flexibility index (Phi) is 6.65. The smallest absolute Gasteiger partial charge is 0.228 e. The van der Waals surface area contributed by atoms with E-state index in [0.29, 0.717) is 24.5 Å². The third kappa shape index (κ3) is 4.72. The van der Waals surface area contributed by atoms with E-state index in [0.717, 1.165) is 46.4 Å². The van der Waals surface area contributed by atoms with Gasteiger partial charge in [0.15, 0.2) is 0 Å². The molecule has 1 N–H and O–H groups in total. The minimum absolute atomic E-state index is 0.0376. The van der Waals surface area contributed by atoms with E-state index >= 15 is 0 Å². The van der Waals surface area contributed by atoms with Crippen molar-refractivity contribution in [2.24, 2.45) is 5.92 Å². The van der Waals surface area contributed by atoms with E-state index in [1.165, 1.54) is 0 Å². The number of nitrogens with one attached hydrogen (secondary N) is 1. The molecule has 1 fully saturated rings. The number of rotatable bonds is 6. The van der Waals surface area contributed by atoms with Crippen molar-refractivity contribution < 1.29 is 9.53 Å². The van der Waals surface area contributed by atoms with Gasteiger partial charge in [-0.25, -0.2) is 4.98 Å². The summed E-state index contributed by atoms with van der Waals surface area (Å²) in [7, 11) is 1.62. The fourth-order valence-corrected chi connectivity index (χ4v) is 4.92. The Balaban J connectivity index is 1.36. The van der Waals surface area contributed by atoms with Gasteiger partial charge in [-0.1, -0.05) is 40.2 Å². The summed E-state index contributed by atoms with van der Waals surface area (Å²) in [5, 5.41) is 3.06. The molecule has 1 saturated heterocycles. The number of halogens is 1. The van der Waals surface area contributed by atoms with Crippen LogP contribution in [0, 0.1) is 5.92 Å². The molecule has 0 saturated carbocycles. The second-order valence-electron chi connectivity index (χ2n) is 8.59. The van der Waals surface area contributed by atoms with E-state index in [9.17, 15) is 4.79 Å². The Hall–Kier alpha value is -3.16. The van der Waals surface area contributed by atoms with Crippen molar-refractivity contribution in [3.63, 3.8) is 0 Å². The van der Waals surface area contributed by atoms with Crippen molar-refractivity contribution in [2.75, 3.05) is 25.5 Å². The predicted molar refractivity (Wildman–Crippen MR) is 138 cm³/mol. The van der Waals surface area contributed by atoms with Gasteiger partial charge in [0.2, 0.25) is 5.91 Å². The van der Waals surface area contributed by atoms with E-state index in [1.807, 2.05) is 54.6 Å². The lowest BCUT2D eigenvalue weighted by Gasteiger charge is -2.32. The van der Waals surface area contributed by atoms with Gasteiger partial charge < -0.3 is 10.1 Å². The van der Waals surface area contributed by atoms with Gasteiger partial charge in [0.1, 0.15) is 11.6 Å². The Labute approximate surface area is 207 Å². The number of nitrogens with zero attached hydrogens (tertiary/aromatic N) is 3. The molecule has 0 spiro atoms. The molecule has 1 aliphatic heterocycles. The first-order valence-electron chi connectivity index (χ1n) is 11.5. The number of methoxy groups -OCH3 is 1. The van der Waals surface area contributed by atoms with Crippen LogP contribution in [0.15, 0.2) is 77.3 Å². The average molecular weight is 519 g/mol. The van der Waals surface area contributed by atoms with Crippen LogP contribution in [-0.2, 0) is 11.3 Å². The highest BCUT2D eigenvalue weighted by atomic mass is 79.9. The lowest BCUT2D eigenvalue weighted by Crippen LogP contribution is -2.40. The minimum atomic E-state index is -0.0795. The highest BCUT2D eigenvalue weighted by molar-refractivity contribution is 9.10. The average Bonchev–Trinajstić information content (AvgIpc) is 3.23. The largest absolute Gasteiger partial charge is 0.495 e. The van der Waals surface area contributed by atoms with Crippen molar-refractivity contribution >= 4 is 38.6 Å². The zero-order valence-corrected chi connectivity index (χ0v) is 20.7. The fraction of sp³-hybridized carbons (Fsp3) is 0.259. The summed E-state index contributed by atoms with van der Waals surface area (Å²) < 4.78 is 8.65. The Bertz CT molecular complexity index is 1300. The topological polar surface area (TPSA) is 59.4 Å². The summed E-state index contributed by atoms with van der Waals surface area (Å²) in [6.45, 7) is 2.33. The van der Waals surface area contributed by atoms with Crippen LogP contribution < -0.4 is 10.1 Å². The van der Waals surface area contributed by atoms with E-state index in [4.69, 9.17) is 9.72 Å². The summed E-state index contributed by atoms with van der Waals surface area (Å²) in [4.78, 5) is 20.4. The first kappa shape index (κ1) is 22.6. The number of benzene rings is 3. The number of para-hydroxylation sites is 4. The monoisotopic (exact) mass is 518 g/mol. The van der Waals surface area contributed by atoms with Crippen LogP contribution in [0.3, 0.4) is 0 Å². The molecule has 4 aromatic rings. The lowest BCUT2D eigenvalue weighted by molar-refractivity contribution is -0.121. The minimum Gasteiger partial charge on any atom is -0.495 e. The maximum absolute atomic E-state index is 13.1. The fourth-order valence-electron chi connectivity index (χ4n) is 4.66. The predicted octanol–water partition coefficient (Wildman–Crippen LogP) is 5.65. The zero-order valence-electron chi connectivity index (χ0n) is 19.1.